The second kappa shape index (κ2) is 8.69. The number of carbonyl (C=O) groups is 1. The number of nitrogens with one attached hydrogen (secondary N) is 1. The highest BCUT2D eigenvalue weighted by atomic mass is 35.5. The first-order chi connectivity index (χ1) is 14.4. The minimum Gasteiger partial charge on any atom is -0.346 e. The summed E-state index contributed by atoms with van der Waals surface area (Å²) in [7, 11) is -3.71. The van der Waals surface area contributed by atoms with Crippen LogP contribution < -0.4 is 5.32 Å². The van der Waals surface area contributed by atoms with Crippen LogP contribution in [0.3, 0.4) is 0 Å². The van der Waals surface area contributed by atoms with E-state index in [1.54, 1.807) is 6.07 Å². The summed E-state index contributed by atoms with van der Waals surface area (Å²) in [6.45, 7) is 2.92. The van der Waals surface area contributed by atoms with Crippen molar-refractivity contribution >= 4 is 27.5 Å². The van der Waals surface area contributed by atoms with E-state index in [0.717, 1.165) is 37.7 Å². The zero-order valence-corrected chi connectivity index (χ0v) is 18.7. The summed E-state index contributed by atoms with van der Waals surface area (Å²) < 4.78 is 27.6. The number of halogens is 1. The van der Waals surface area contributed by atoms with Gasteiger partial charge in [0.05, 0.1) is 11.1 Å². The molecule has 30 heavy (non-hydrogen) atoms. The molecule has 1 atom stereocenters. The number of sulfonamides is 1. The zero-order valence-electron chi connectivity index (χ0n) is 17.2. The summed E-state index contributed by atoms with van der Waals surface area (Å²) in [5.41, 5.74) is 4.10. The highest BCUT2D eigenvalue weighted by molar-refractivity contribution is 7.89. The molecule has 160 valence electrons. The molecule has 2 aromatic rings. The lowest BCUT2D eigenvalue weighted by atomic mass is 10.0. The Morgan fingerprint density at radius 3 is 2.50 bits per heavy atom. The Bertz CT molecular complexity index is 1060. The standard InChI is InChI=1S/C23H27ClN2O3S/c1-16(18-9-8-17-6-5-7-19(17)14-18)25-23(27)20-10-11-21(24)22(15-20)30(28,29)26-12-3-2-4-13-26/h8-11,14-16H,2-7,12-13H2,1H3,(H,25,27)/t16-/m0/s1. The van der Waals surface area contributed by atoms with E-state index >= 15 is 0 Å². The van der Waals surface area contributed by atoms with Gasteiger partial charge in [-0.25, -0.2) is 8.42 Å². The molecule has 0 radical (unpaired) electrons. The Morgan fingerprint density at radius 1 is 1.00 bits per heavy atom. The number of benzene rings is 2. The lowest BCUT2D eigenvalue weighted by Crippen LogP contribution is -2.36. The normalized spacial score (nSPS) is 18.1. The number of piperidine rings is 1. The van der Waals surface area contributed by atoms with Crippen LogP contribution in [0.25, 0.3) is 0 Å². The first kappa shape index (κ1) is 21.3. The van der Waals surface area contributed by atoms with Gasteiger partial charge in [0.25, 0.3) is 5.91 Å². The van der Waals surface area contributed by atoms with Crippen molar-refractivity contribution in [2.24, 2.45) is 0 Å². The van der Waals surface area contributed by atoms with Crippen LogP contribution in [0.4, 0.5) is 0 Å². The number of aryl methyl sites for hydroxylation is 2. The predicted octanol–water partition coefficient (Wildman–Crippen LogP) is 4.49. The molecule has 4 rings (SSSR count). The maximum absolute atomic E-state index is 13.0. The van der Waals surface area contributed by atoms with Gasteiger partial charge in [0.15, 0.2) is 0 Å². The molecule has 1 heterocycles. The van der Waals surface area contributed by atoms with Gasteiger partial charge in [-0.05, 0) is 73.9 Å². The molecule has 1 amide bonds. The molecule has 1 saturated heterocycles. The summed E-state index contributed by atoms with van der Waals surface area (Å²) in [6, 6.07) is 10.7. The number of carbonyl (C=O) groups excluding carboxylic acids is 1. The smallest absolute Gasteiger partial charge is 0.251 e. The van der Waals surface area contributed by atoms with Crippen LogP contribution >= 0.6 is 11.6 Å². The molecular formula is C23H27ClN2O3S. The van der Waals surface area contributed by atoms with Crippen molar-refractivity contribution in [3.63, 3.8) is 0 Å². The Labute approximate surface area is 183 Å². The third-order valence-electron chi connectivity index (χ3n) is 6.10. The lowest BCUT2D eigenvalue weighted by molar-refractivity contribution is 0.0939. The second-order valence-corrected chi connectivity index (χ2v) is 10.5. The van der Waals surface area contributed by atoms with Crippen molar-refractivity contribution in [2.75, 3.05) is 13.1 Å². The van der Waals surface area contributed by atoms with Gasteiger partial charge in [-0.3, -0.25) is 4.79 Å². The second-order valence-electron chi connectivity index (χ2n) is 8.19. The molecule has 1 N–H and O–H groups in total. The van der Waals surface area contributed by atoms with Crippen LogP contribution in [-0.2, 0) is 22.9 Å². The minimum absolute atomic E-state index is 0.00361. The molecule has 0 unspecified atom stereocenters. The number of hydrogen-bond acceptors (Lipinski definition) is 3. The Morgan fingerprint density at radius 2 is 1.73 bits per heavy atom. The van der Waals surface area contributed by atoms with Crippen LogP contribution in [0.2, 0.25) is 5.02 Å². The average molecular weight is 447 g/mol. The summed E-state index contributed by atoms with van der Waals surface area (Å²) in [5.74, 6) is -0.310. The molecule has 2 aliphatic rings. The Kier molecular flexibility index (Phi) is 6.19. The maximum Gasteiger partial charge on any atom is 0.251 e. The van der Waals surface area contributed by atoms with E-state index in [2.05, 4.69) is 23.5 Å². The summed E-state index contributed by atoms with van der Waals surface area (Å²) in [6.07, 6.45) is 6.10. The van der Waals surface area contributed by atoms with E-state index in [9.17, 15) is 13.2 Å². The van der Waals surface area contributed by atoms with Crippen LogP contribution in [0.5, 0.6) is 0 Å². The zero-order chi connectivity index (χ0) is 21.3. The summed E-state index contributed by atoms with van der Waals surface area (Å²) in [4.78, 5) is 12.9. The predicted molar refractivity (Wildman–Crippen MR) is 118 cm³/mol. The molecule has 0 spiro atoms. The SMILES string of the molecule is C[C@H](NC(=O)c1ccc(Cl)c(S(=O)(=O)N2CCCCC2)c1)c1ccc2c(c1)CCC2. The number of rotatable bonds is 5. The van der Waals surface area contributed by atoms with E-state index in [1.807, 2.05) is 6.92 Å². The monoisotopic (exact) mass is 446 g/mol. The number of nitrogens with zero attached hydrogens (tertiary/aromatic N) is 1. The van der Waals surface area contributed by atoms with Crippen LogP contribution in [0.1, 0.15) is 65.7 Å². The van der Waals surface area contributed by atoms with Crippen molar-refractivity contribution in [2.45, 2.75) is 56.4 Å². The van der Waals surface area contributed by atoms with Crippen molar-refractivity contribution < 1.29 is 13.2 Å². The Balaban J connectivity index is 1.54. The third kappa shape index (κ3) is 4.27. The Hall–Kier alpha value is -1.89. The van der Waals surface area contributed by atoms with Crippen molar-refractivity contribution in [1.29, 1.82) is 0 Å². The molecule has 2 aromatic carbocycles. The van der Waals surface area contributed by atoms with Gasteiger partial charge in [-0.1, -0.05) is 36.2 Å². The van der Waals surface area contributed by atoms with Crippen molar-refractivity contribution in [1.82, 2.24) is 9.62 Å². The van der Waals surface area contributed by atoms with Crippen molar-refractivity contribution in [3.05, 3.63) is 63.7 Å². The molecule has 0 aromatic heterocycles. The third-order valence-corrected chi connectivity index (χ3v) is 8.48. The van der Waals surface area contributed by atoms with Crippen LogP contribution in [-0.4, -0.2) is 31.7 Å². The van der Waals surface area contributed by atoms with E-state index in [0.29, 0.717) is 18.7 Å². The van der Waals surface area contributed by atoms with E-state index in [4.69, 9.17) is 11.6 Å². The summed E-state index contributed by atoms with van der Waals surface area (Å²) >= 11 is 6.22. The van der Waals surface area contributed by atoms with E-state index < -0.39 is 10.0 Å². The quantitative estimate of drug-likeness (QED) is 0.735. The maximum atomic E-state index is 13.0. The van der Waals surface area contributed by atoms with Crippen LogP contribution in [0, 0.1) is 0 Å². The molecule has 0 bridgehead atoms. The fourth-order valence-electron chi connectivity index (χ4n) is 4.31. The summed E-state index contributed by atoms with van der Waals surface area (Å²) in [5, 5.41) is 3.13. The first-order valence-corrected chi connectivity index (χ1v) is 12.4. The fraction of sp³-hybridized carbons (Fsp3) is 0.435. The van der Waals surface area contributed by atoms with Gasteiger partial charge >= 0.3 is 0 Å². The van der Waals surface area contributed by atoms with Crippen molar-refractivity contribution in [3.8, 4) is 0 Å². The van der Waals surface area contributed by atoms with Gasteiger partial charge in [0.1, 0.15) is 4.90 Å². The molecular weight excluding hydrogens is 420 g/mol. The topological polar surface area (TPSA) is 66.5 Å². The minimum atomic E-state index is -3.71. The van der Waals surface area contributed by atoms with Gasteiger partial charge in [0, 0.05) is 18.7 Å². The fourth-order valence-corrected chi connectivity index (χ4v) is 6.33. The highest BCUT2D eigenvalue weighted by Crippen LogP contribution is 2.29. The van der Waals surface area contributed by atoms with Gasteiger partial charge in [-0.2, -0.15) is 4.31 Å². The number of fused-ring (bicyclic) bond motifs is 1. The van der Waals surface area contributed by atoms with Crippen LogP contribution in [0.15, 0.2) is 41.3 Å². The first-order valence-electron chi connectivity index (χ1n) is 10.6. The number of amides is 1. The molecule has 1 aliphatic heterocycles. The van der Waals surface area contributed by atoms with Gasteiger partial charge in [-0.15, -0.1) is 0 Å². The van der Waals surface area contributed by atoms with Gasteiger partial charge in [0.2, 0.25) is 10.0 Å². The molecule has 5 nitrogen and oxygen atoms in total. The molecule has 7 heteroatoms. The lowest BCUT2D eigenvalue weighted by Gasteiger charge is -2.26. The molecule has 1 fully saturated rings. The highest BCUT2D eigenvalue weighted by Gasteiger charge is 2.29. The number of hydrogen-bond donors (Lipinski definition) is 1. The molecule has 0 saturated carbocycles. The molecule has 1 aliphatic carbocycles. The average Bonchev–Trinajstić information content (AvgIpc) is 3.22. The largest absolute Gasteiger partial charge is 0.346 e. The van der Waals surface area contributed by atoms with E-state index in [1.165, 1.54) is 34.0 Å². The van der Waals surface area contributed by atoms with E-state index in [-0.39, 0.29) is 21.9 Å². The van der Waals surface area contributed by atoms with Gasteiger partial charge < -0.3 is 5.32 Å².